The summed E-state index contributed by atoms with van der Waals surface area (Å²) in [6, 6.07) is 46.3. The Bertz CT molecular complexity index is 2860. The molecule has 1 aromatic heterocycles. The fourth-order valence-electron chi connectivity index (χ4n) is 11.5. The van der Waals surface area contributed by atoms with E-state index in [0.29, 0.717) is 0 Å². The summed E-state index contributed by atoms with van der Waals surface area (Å²) in [5, 5.41) is 1.20. The number of fused-ring (bicyclic) bond motifs is 9. The predicted molar refractivity (Wildman–Crippen MR) is 251 cm³/mol. The van der Waals surface area contributed by atoms with Crippen molar-refractivity contribution >= 4 is 62.7 Å². The van der Waals surface area contributed by atoms with Gasteiger partial charge >= 0.3 is 0 Å². The minimum atomic E-state index is -0.0705. The van der Waals surface area contributed by atoms with Crippen molar-refractivity contribution in [3.8, 4) is 22.3 Å². The van der Waals surface area contributed by atoms with E-state index in [9.17, 15) is 0 Å². The summed E-state index contributed by atoms with van der Waals surface area (Å²) < 4.78 is 7.42. The Morgan fingerprint density at radius 3 is 1.97 bits per heavy atom. The standard InChI is InChI=1S/C55H55BN2O/c1-34-28-45-49-46(29-34)58-50-42(54(8)26-16-17-27-55(54,58)9)30-37(35-18-12-10-13-19-35)31-43(50)56(49)48-40-24-22-39(53(5,6)7)33-47(40)59-51(48)57(45)44-25-23-38(52(2,3)4)32-41(44)36-20-14-11-15-21-36/h10-15,18-25,28-33H,16-17,26-27H2,1-9H3. The van der Waals surface area contributed by atoms with Gasteiger partial charge in [-0.15, -0.1) is 0 Å². The fourth-order valence-corrected chi connectivity index (χ4v) is 11.5. The van der Waals surface area contributed by atoms with Gasteiger partial charge in [0.1, 0.15) is 5.58 Å². The van der Waals surface area contributed by atoms with Crippen molar-refractivity contribution in [2.24, 2.45) is 0 Å². The molecule has 2 atom stereocenters. The SMILES string of the molecule is Cc1cc2c3c(c1)N1c4c(cc(-c5ccccc5)cc4C4(C)CCCCC14C)B3c1c(oc3cc(C(C)(C)C)ccc13)N2c1ccc(C(C)(C)C)cc1-c1ccccc1. The first kappa shape index (κ1) is 36.6. The van der Waals surface area contributed by atoms with Crippen LogP contribution in [-0.2, 0) is 16.2 Å². The van der Waals surface area contributed by atoms with Crippen LogP contribution in [0.3, 0.4) is 0 Å². The zero-order valence-electron chi connectivity index (χ0n) is 36.3. The average Bonchev–Trinajstić information content (AvgIpc) is 3.69. The molecule has 4 heteroatoms. The highest BCUT2D eigenvalue weighted by molar-refractivity contribution is 7.01. The number of hydrogen-bond donors (Lipinski definition) is 0. The molecule has 1 fully saturated rings. The number of aryl methyl sites for hydroxylation is 1. The minimum absolute atomic E-state index is 0.00386. The summed E-state index contributed by atoms with van der Waals surface area (Å²) in [5.74, 6) is 0.931. The molecule has 0 bridgehead atoms. The number of furan rings is 1. The number of benzene rings is 6. The predicted octanol–water partition coefficient (Wildman–Crippen LogP) is 13.0. The molecule has 2 unspecified atom stereocenters. The quantitative estimate of drug-likeness (QED) is 0.167. The summed E-state index contributed by atoms with van der Waals surface area (Å²) in [6.45, 7) is 21.3. The van der Waals surface area contributed by atoms with Gasteiger partial charge in [-0.1, -0.05) is 146 Å². The molecule has 4 heterocycles. The first-order valence-corrected chi connectivity index (χ1v) is 21.9. The second-order valence-electron chi connectivity index (χ2n) is 20.6. The van der Waals surface area contributed by atoms with Crippen LogP contribution < -0.4 is 26.2 Å². The molecular formula is C55H55BN2O. The van der Waals surface area contributed by atoms with Crippen LogP contribution >= 0.6 is 0 Å². The Labute approximate surface area is 351 Å². The van der Waals surface area contributed by atoms with Crippen LogP contribution in [0.2, 0.25) is 0 Å². The molecule has 59 heavy (non-hydrogen) atoms. The lowest BCUT2D eigenvalue weighted by atomic mass is 9.33. The third-order valence-electron chi connectivity index (χ3n) is 15.0. The van der Waals surface area contributed by atoms with Crippen LogP contribution in [0.25, 0.3) is 33.2 Å². The molecule has 0 radical (unpaired) electrons. The smallest absolute Gasteiger partial charge is 0.257 e. The zero-order chi connectivity index (χ0) is 40.8. The molecule has 0 N–H and O–H groups in total. The van der Waals surface area contributed by atoms with Gasteiger partial charge in [-0.3, -0.25) is 4.90 Å². The Kier molecular flexibility index (Phi) is 7.62. The van der Waals surface area contributed by atoms with Gasteiger partial charge in [0.15, 0.2) is 0 Å². The van der Waals surface area contributed by atoms with E-state index in [1.807, 2.05) is 0 Å². The topological polar surface area (TPSA) is 19.6 Å². The molecule has 0 amide bonds. The van der Waals surface area contributed by atoms with Crippen molar-refractivity contribution in [1.29, 1.82) is 0 Å². The first-order chi connectivity index (χ1) is 28.2. The van der Waals surface area contributed by atoms with Crippen LogP contribution in [0, 0.1) is 6.92 Å². The van der Waals surface area contributed by atoms with E-state index in [-0.39, 0.29) is 28.5 Å². The van der Waals surface area contributed by atoms with E-state index in [2.05, 4.69) is 193 Å². The van der Waals surface area contributed by atoms with Crippen LogP contribution in [0.1, 0.15) is 103 Å². The van der Waals surface area contributed by atoms with Gasteiger partial charge < -0.3 is 9.32 Å². The third kappa shape index (κ3) is 5.08. The van der Waals surface area contributed by atoms with Crippen molar-refractivity contribution < 1.29 is 4.42 Å². The van der Waals surface area contributed by atoms with Crippen LogP contribution in [0.4, 0.5) is 28.6 Å². The maximum atomic E-state index is 7.42. The highest BCUT2D eigenvalue weighted by atomic mass is 16.4. The Balaban J connectivity index is 1.29. The van der Waals surface area contributed by atoms with Crippen molar-refractivity contribution in [3.63, 3.8) is 0 Å². The van der Waals surface area contributed by atoms with Crippen LogP contribution in [0.5, 0.6) is 0 Å². The summed E-state index contributed by atoms with van der Waals surface area (Å²) in [7, 11) is 0. The lowest BCUT2D eigenvalue weighted by Crippen LogP contribution is -2.64. The van der Waals surface area contributed by atoms with Gasteiger partial charge in [-0.05, 0) is 124 Å². The summed E-state index contributed by atoms with van der Waals surface area (Å²) >= 11 is 0. The number of anilines is 5. The molecule has 294 valence electrons. The molecule has 11 rings (SSSR count). The molecule has 0 saturated heterocycles. The number of hydrogen-bond acceptors (Lipinski definition) is 3. The Hall–Kier alpha value is -5.48. The highest BCUT2D eigenvalue weighted by Gasteiger charge is 2.62. The number of rotatable bonds is 3. The van der Waals surface area contributed by atoms with Gasteiger partial charge in [-0.2, -0.15) is 0 Å². The molecule has 1 aliphatic carbocycles. The summed E-state index contributed by atoms with van der Waals surface area (Å²) in [4.78, 5) is 5.35. The van der Waals surface area contributed by atoms with Gasteiger partial charge in [0.05, 0.1) is 11.2 Å². The molecule has 3 aliphatic heterocycles. The zero-order valence-corrected chi connectivity index (χ0v) is 36.3. The molecule has 4 aliphatic rings. The molecular weight excluding hydrogens is 715 g/mol. The van der Waals surface area contributed by atoms with E-state index in [1.54, 1.807) is 0 Å². The monoisotopic (exact) mass is 770 g/mol. The Morgan fingerprint density at radius 1 is 0.610 bits per heavy atom. The van der Waals surface area contributed by atoms with Crippen molar-refractivity contribution in [2.75, 3.05) is 9.80 Å². The van der Waals surface area contributed by atoms with Gasteiger partial charge in [0.2, 0.25) is 5.88 Å². The molecule has 3 nitrogen and oxygen atoms in total. The van der Waals surface area contributed by atoms with Crippen LogP contribution in [-0.4, -0.2) is 12.3 Å². The van der Waals surface area contributed by atoms with Crippen molar-refractivity contribution in [3.05, 3.63) is 144 Å². The fraction of sp³-hybridized carbons (Fsp3) is 0.309. The number of nitrogens with zero attached hydrogens (tertiary/aromatic N) is 2. The highest BCUT2D eigenvalue weighted by Crippen LogP contribution is 2.62. The van der Waals surface area contributed by atoms with E-state index >= 15 is 0 Å². The molecule has 7 aromatic rings. The van der Waals surface area contributed by atoms with Gasteiger partial charge in [0, 0.05) is 38.9 Å². The van der Waals surface area contributed by atoms with E-state index in [0.717, 1.165) is 23.6 Å². The maximum Gasteiger partial charge on any atom is 0.257 e. The third-order valence-corrected chi connectivity index (χ3v) is 15.0. The molecule has 0 spiro atoms. The van der Waals surface area contributed by atoms with Gasteiger partial charge in [0.25, 0.3) is 6.71 Å². The summed E-state index contributed by atoms with van der Waals surface area (Å²) in [6.07, 6.45) is 4.85. The second kappa shape index (κ2) is 12.3. The lowest BCUT2D eigenvalue weighted by Gasteiger charge is -2.52. The van der Waals surface area contributed by atoms with Crippen LogP contribution in [0.15, 0.2) is 126 Å². The summed E-state index contributed by atoms with van der Waals surface area (Å²) in [5.41, 5.74) is 20.5. The lowest BCUT2D eigenvalue weighted by molar-refractivity contribution is 0.195. The second-order valence-corrected chi connectivity index (χ2v) is 20.6. The van der Waals surface area contributed by atoms with Gasteiger partial charge in [-0.25, -0.2) is 0 Å². The molecule has 6 aromatic carbocycles. The molecule has 1 saturated carbocycles. The van der Waals surface area contributed by atoms with E-state index in [4.69, 9.17) is 4.42 Å². The first-order valence-electron chi connectivity index (χ1n) is 21.9. The van der Waals surface area contributed by atoms with E-state index < -0.39 is 0 Å². The average molecular weight is 771 g/mol. The van der Waals surface area contributed by atoms with E-state index in [1.165, 1.54) is 103 Å². The Morgan fingerprint density at radius 2 is 1.25 bits per heavy atom. The minimum Gasteiger partial charge on any atom is -0.440 e. The largest absolute Gasteiger partial charge is 0.440 e. The normalized spacial score (nSPS) is 20.4. The van der Waals surface area contributed by atoms with Crippen molar-refractivity contribution in [1.82, 2.24) is 0 Å². The van der Waals surface area contributed by atoms with Crippen molar-refractivity contribution in [2.45, 2.75) is 110 Å². The maximum absolute atomic E-state index is 7.42.